The van der Waals surface area contributed by atoms with E-state index in [1.54, 1.807) is 0 Å². The molecule has 2 aromatic carbocycles. The molecule has 0 radical (unpaired) electrons. The monoisotopic (exact) mass is 346 g/mol. The highest BCUT2D eigenvalue weighted by Crippen LogP contribution is 2.34. The van der Waals surface area contributed by atoms with Gasteiger partial charge in [-0.3, -0.25) is 4.79 Å². The van der Waals surface area contributed by atoms with Gasteiger partial charge in [0.1, 0.15) is 11.5 Å². The summed E-state index contributed by atoms with van der Waals surface area (Å²) in [5, 5.41) is 0. The van der Waals surface area contributed by atoms with E-state index in [1.807, 2.05) is 43.3 Å². The van der Waals surface area contributed by atoms with Crippen molar-refractivity contribution in [2.24, 2.45) is 0 Å². The maximum absolute atomic E-state index is 12.0. The van der Waals surface area contributed by atoms with Gasteiger partial charge in [0, 0.05) is 10.9 Å². The van der Waals surface area contributed by atoms with Crippen LogP contribution in [-0.4, -0.2) is 5.78 Å². The Balaban J connectivity index is 2.41. The summed E-state index contributed by atoms with van der Waals surface area (Å²) in [5.41, 5.74) is 1.75. The second-order valence-corrected chi connectivity index (χ2v) is 6.13. The topological polar surface area (TPSA) is 26.3 Å². The van der Waals surface area contributed by atoms with Gasteiger partial charge in [-0.15, -0.1) is 0 Å². The number of carbonyl (C=O) groups excluding carboxylic acids is 1. The Morgan fingerprint density at radius 1 is 1.14 bits per heavy atom. The molecule has 0 aromatic heterocycles. The van der Waals surface area contributed by atoms with E-state index >= 15 is 0 Å². The lowest BCUT2D eigenvalue weighted by Gasteiger charge is -2.16. The van der Waals surface area contributed by atoms with E-state index in [9.17, 15) is 4.79 Å². The molecule has 2 nitrogen and oxygen atoms in total. The number of carbonyl (C=O) groups is 1. The number of para-hydroxylation sites is 1. The Kier molecular flexibility index (Phi) is 5.18. The fourth-order valence-corrected chi connectivity index (χ4v) is 2.54. The van der Waals surface area contributed by atoms with Crippen LogP contribution in [0.15, 0.2) is 46.9 Å². The molecule has 0 amide bonds. The van der Waals surface area contributed by atoms with Crippen molar-refractivity contribution in [3.8, 4) is 11.5 Å². The van der Waals surface area contributed by atoms with E-state index in [1.165, 1.54) is 0 Å². The predicted octanol–water partition coefficient (Wildman–Crippen LogP) is 5.96. The lowest BCUT2D eigenvalue weighted by Crippen LogP contribution is -2.01. The highest BCUT2D eigenvalue weighted by molar-refractivity contribution is 9.10. The summed E-state index contributed by atoms with van der Waals surface area (Å²) in [4.78, 5) is 12.0. The zero-order chi connectivity index (χ0) is 15.4. The van der Waals surface area contributed by atoms with Crippen molar-refractivity contribution in [1.82, 2.24) is 0 Å². The summed E-state index contributed by atoms with van der Waals surface area (Å²) in [6.45, 7) is 6.10. The summed E-state index contributed by atoms with van der Waals surface area (Å²) in [6, 6.07) is 13.4. The molecule has 0 heterocycles. The fourth-order valence-electron chi connectivity index (χ4n) is 2.16. The van der Waals surface area contributed by atoms with E-state index in [-0.39, 0.29) is 5.78 Å². The standard InChI is InChI=1S/C18H19BrO2/c1-4-16(20)14-7-5-6-8-17(14)21-18-10-9-13(19)11-15(18)12(2)3/h5-12H,4H2,1-3H3. The van der Waals surface area contributed by atoms with Gasteiger partial charge in [0.15, 0.2) is 5.78 Å². The molecule has 2 aromatic rings. The molecular formula is C18H19BrO2. The SMILES string of the molecule is CCC(=O)c1ccccc1Oc1ccc(Br)cc1C(C)C. The van der Waals surface area contributed by atoms with E-state index in [0.717, 1.165) is 15.8 Å². The maximum atomic E-state index is 12.0. The Hall–Kier alpha value is -1.61. The van der Waals surface area contributed by atoms with Crippen molar-refractivity contribution < 1.29 is 9.53 Å². The molecule has 0 spiro atoms. The molecule has 0 unspecified atom stereocenters. The number of halogens is 1. The van der Waals surface area contributed by atoms with Crippen molar-refractivity contribution in [1.29, 1.82) is 0 Å². The van der Waals surface area contributed by atoms with Gasteiger partial charge in [-0.25, -0.2) is 0 Å². The van der Waals surface area contributed by atoms with Crippen LogP contribution in [-0.2, 0) is 0 Å². The average molecular weight is 347 g/mol. The van der Waals surface area contributed by atoms with Crippen LogP contribution in [0, 0.1) is 0 Å². The van der Waals surface area contributed by atoms with Gasteiger partial charge >= 0.3 is 0 Å². The Morgan fingerprint density at radius 3 is 2.52 bits per heavy atom. The van der Waals surface area contributed by atoms with Crippen LogP contribution in [0.3, 0.4) is 0 Å². The normalized spacial score (nSPS) is 10.7. The van der Waals surface area contributed by atoms with E-state index in [2.05, 4.69) is 35.8 Å². The van der Waals surface area contributed by atoms with Gasteiger partial charge in [-0.1, -0.05) is 48.8 Å². The van der Waals surface area contributed by atoms with Gasteiger partial charge < -0.3 is 4.74 Å². The number of hydrogen-bond acceptors (Lipinski definition) is 2. The number of ether oxygens (including phenoxy) is 1. The predicted molar refractivity (Wildman–Crippen MR) is 89.4 cm³/mol. The number of ketones is 1. The van der Waals surface area contributed by atoms with Gasteiger partial charge in [0.2, 0.25) is 0 Å². The number of rotatable bonds is 5. The van der Waals surface area contributed by atoms with E-state index in [0.29, 0.717) is 23.7 Å². The van der Waals surface area contributed by atoms with E-state index < -0.39 is 0 Å². The molecule has 0 fully saturated rings. The third-order valence-corrected chi connectivity index (χ3v) is 3.82. The first kappa shape index (κ1) is 15.8. The minimum atomic E-state index is 0.0915. The first-order valence-corrected chi connectivity index (χ1v) is 7.91. The minimum absolute atomic E-state index is 0.0915. The lowest BCUT2D eigenvalue weighted by atomic mass is 10.0. The molecule has 0 aliphatic carbocycles. The molecule has 0 aliphatic heterocycles. The molecule has 0 N–H and O–H groups in total. The molecule has 2 rings (SSSR count). The van der Waals surface area contributed by atoms with Crippen LogP contribution >= 0.6 is 15.9 Å². The molecular weight excluding hydrogens is 328 g/mol. The molecule has 0 aliphatic rings. The van der Waals surface area contributed by atoms with Gasteiger partial charge in [0.05, 0.1) is 5.56 Å². The molecule has 110 valence electrons. The molecule has 3 heteroatoms. The van der Waals surface area contributed by atoms with Crippen LogP contribution in [0.25, 0.3) is 0 Å². The second-order valence-electron chi connectivity index (χ2n) is 5.21. The maximum Gasteiger partial charge on any atom is 0.166 e. The summed E-state index contributed by atoms with van der Waals surface area (Å²) in [7, 11) is 0. The van der Waals surface area contributed by atoms with Crippen molar-refractivity contribution in [3.05, 3.63) is 58.1 Å². The van der Waals surface area contributed by atoms with Crippen molar-refractivity contribution in [2.75, 3.05) is 0 Å². The van der Waals surface area contributed by atoms with Crippen LogP contribution in [0.4, 0.5) is 0 Å². The molecule has 0 bridgehead atoms. The first-order chi connectivity index (χ1) is 10.0. The average Bonchev–Trinajstić information content (AvgIpc) is 2.48. The van der Waals surface area contributed by atoms with Crippen LogP contribution in [0.2, 0.25) is 0 Å². The first-order valence-electron chi connectivity index (χ1n) is 7.12. The van der Waals surface area contributed by atoms with Crippen molar-refractivity contribution >= 4 is 21.7 Å². The fraction of sp³-hybridized carbons (Fsp3) is 0.278. The quantitative estimate of drug-likeness (QED) is 0.624. The highest BCUT2D eigenvalue weighted by atomic mass is 79.9. The summed E-state index contributed by atoms with van der Waals surface area (Å²) in [5.74, 6) is 1.85. The highest BCUT2D eigenvalue weighted by Gasteiger charge is 2.14. The van der Waals surface area contributed by atoms with Crippen LogP contribution < -0.4 is 4.74 Å². The van der Waals surface area contributed by atoms with E-state index in [4.69, 9.17) is 4.74 Å². The third kappa shape index (κ3) is 3.73. The smallest absolute Gasteiger partial charge is 0.166 e. The molecule has 0 saturated heterocycles. The van der Waals surface area contributed by atoms with Gasteiger partial charge in [-0.05, 0) is 41.8 Å². The zero-order valence-corrected chi connectivity index (χ0v) is 14.1. The Labute approximate surface area is 134 Å². The summed E-state index contributed by atoms with van der Waals surface area (Å²) < 4.78 is 7.06. The van der Waals surface area contributed by atoms with Gasteiger partial charge in [-0.2, -0.15) is 0 Å². The molecule has 0 saturated carbocycles. The molecule has 21 heavy (non-hydrogen) atoms. The van der Waals surface area contributed by atoms with Crippen molar-refractivity contribution in [2.45, 2.75) is 33.1 Å². The second kappa shape index (κ2) is 6.90. The number of benzene rings is 2. The van der Waals surface area contributed by atoms with Crippen molar-refractivity contribution in [3.63, 3.8) is 0 Å². The van der Waals surface area contributed by atoms with Gasteiger partial charge in [0.25, 0.3) is 0 Å². The zero-order valence-electron chi connectivity index (χ0n) is 12.5. The van der Waals surface area contributed by atoms with Crippen LogP contribution in [0.1, 0.15) is 49.0 Å². The summed E-state index contributed by atoms with van der Waals surface area (Å²) in [6.07, 6.45) is 0.470. The third-order valence-electron chi connectivity index (χ3n) is 3.32. The minimum Gasteiger partial charge on any atom is -0.456 e. The molecule has 0 atom stereocenters. The Morgan fingerprint density at radius 2 is 1.86 bits per heavy atom. The summed E-state index contributed by atoms with van der Waals surface area (Å²) >= 11 is 3.49. The number of hydrogen-bond donors (Lipinski definition) is 0. The van der Waals surface area contributed by atoms with Crippen LogP contribution in [0.5, 0.6) is 11.5 Å². The number of Topliss-reactive ketones (excluding diaryl/α,β-unsaturated/α-hetero) is 1. The largest absolute Gasteiger partial charge is 0.456 e. The lowest BCUT2D eigenvalue weighted by molar-refractivity contribution is 0.0986. The Bertz CT molecular complexity index is 647.